The molecule has 0 aliphatic carbocycles. The number of nitro groups is 1. The number of carbonyl (C=O) groups excluding carboxylic acids is 1. The fourth-order valence-electron chi connectivity index (χ4n) is 3.33. The molecule has 0 aromatic heterocycles. The second kappa shape index (κ2) is 9.57. The van der Waals surface area contributed by atoms with E-state index in [2.05, 4.69) is 10.6 Å². The number of nitrogens with one attached hydrogen (secondary N) is 2. The van der Waals surface area contributed by atoms with Crippen LogP contribution < -0.4 is 10.6 Å². The van der Waals surface area contributed by atoms with Crippen molar-refractivity contribution < 1.29 is 18.5 Å². The highest BCUT2D eigenvalue weighted by molar-refractivity contribution is 5.85. The minimum atomic E-state index is -0.901. The van der Waals surface area contributed by atoms with Gasteiger partial charge in [0.2, 0.25) is 5.91 Å². The average molecular weight is 412 g/mol. The van der Waals surface area contributed by atoms with E-state index in [4.69, 9.17) is 0 Å². The van der Waals surface area contributed by atoms with Crippen molar-refractivity contribution in [3.05, 3.63) is 75.3 Å². The predicted octanol–water partition coefficient (Wildman–Crippen LogP) is 3.10. The van der Waals surface area contributed by atoms with E-state index in [9.17, 15) is 23.7 Å². The lowest BCUT2D eigenvalue weighted by Crippen LogP contribution is -2.50. The molecule has 1 aliphatic heterocycles. The van der Waals surface area contributed by atoms with Crippen LogP contribution in [0.15, 0.2) is 42.5 Å². The average Bonchev–Trinajstić information content (AvgIpc) is 2.65. The van der Waals surface area contributed by atoms with Crippen LogP contribution in [-0.4, -0.2) is 30.0 Å². The number of hydrogen-bond donors (Lipinski definition) is 2. The molecule has 3 rings (SSSR count). The first-order chi connectivity index (χ1) is 12.9. The molecule has 9 heteroatoms. The van der Waals surface area contributed by atoms with Crippen LogP contribution >= 0.6 is 12.4 Å². The molecule has 1 heterocycles. The Morgan fingerprint density at radius 3 is 2.54 bits per heavy atom. The molecule has 2 aromatic rings. The Morgan fingerprint density at radius 1 is 1.18 bits per heavy atom. The summed E-state index contributed by atoms with van der Waals surface area (Å²) in [5.41, 5.74) is 1.27. The lowest BCUT2D eigenvalue weighted by atomic mass is 9.86. The number of benzene rings is 2. The van der Waals surface area contributed by atoms with E-state index < -0.39 is 16.6 Å². The van der Waals surface area contributed by atoms with Crippen molar-refractivity contribution in [2.45, 2.75) is 24.8 Å². The summed E-state index contributed by atoms with van der Waals surface area (Å²) in [7, 11) is 0. The third kappa shape index (κ3) is 5.24. The topological polar surface area (TPSA) is 84.3 Å². The summed E-state index contributed by atoms with van der Waals surface area (Å²) in [6.45, 7) is 1.24. The Bertz CT molecular complexity index is 849. The minimum absolute atomic E-state index is 0. The number of amides is 1. The standard InChI is InChI=1S/C19H19F2N3O3.ClH/c20-16-6-3-13(10-17(16)21)15-7-8-22-11-18(15)23-19(25)9-12-1-4-14(5-2-12)24(26)27;/h1-6,10,15,18,22H,7-9,11H2,(H,23,25);1H. The van der Waals surface area contributed by atoms with Crippen molar-refractivity contribution in [3.63, 3.8) is 0 Å². The Balaban J connectivity index is 0.00000280. The second-order valence-corrected chi connectivity index (χ2v) is 6.55. The van der Waals surface area contributed by atoms with Gasteiger partial charge in [0.05, 0.1) is 11.3 Å². The van der Waals surface area contributed by atoms with Crippen molar-refractivity contribution in [3.8, 4) is 0 Å². The maximum Gasteiger partial charge on any atom is 0.269 e. The molecule has 0 radical (unpaired) electrons. The zero-order valence-corrected chi connectivity index (χ0v) is 15.7. The summed E-state index contributed by atoms with van der Waals surface area (Å²) >= 11 is 0. The Morgan fingerprint density at radius 2 is 1.89 bits per heavy atom. The quantitative estimate of drug-likeness (QED) is 0.585. The second-order valence-electron chi connectivity index (χ2n) is 6.55. The normalized spacial score (nSPS) is 18.8. The first-order valence-electron chi connectivity index (χ1n) is 8.62. The monoisotopic (exact) mass is 411 g/mol. The molecule has 0 spiro atoms. The van der Waals surface area contributed by atoms with Crippen LogP contribution in [0.5, 0.6) is 0 Å². The third-order valence-corrected chi connectivity index (χ3v) is 4.71. The van der Waals surface area contributed by atoms with Gasteiger partial charge in [-0.1, -0.05) is 18.2 Å². The number of rotatable bonds is 5. The van der Waals surface area contributed by atoms with Crippen molar-refractivity contribution in [1.29, 1.82) is 0 Å². The number of nitrogens with zero attached hydrogens (tertiary/aromatic N) is 1. The van der Waals surface area contributed by atoms with Crippen molar-refractivity contribution in [2.75, 3.05) is 13.1 Å². The van der Waals surface area contributed by atoms with E-state index in [1.165, 1.54) is 18.2 Å². The summed E-state index contributed by atoms with van der Waals surface area (Å²) < 4.78 is 26.8. The lowest BCUT2D eigenvalue weighted by molar-refractivity contribution is -0.384. The first-order valence-corrected chi connectivity index (χ1v) is 8.62. The fourth-order valence-corrected chi connectivity index (χ4v) is 3.33. The zero-order valence-electron chi connectivity index (χ0n) is 14.9. The van der Waals surface area contributed by atoms with E-state index in [1.54, 1.807) is 18.2 Å². The number of carbonyl (C=O) groups is 1. The molecule has 2 aromatic carbocycles. The molecular weight excluding hydrogens is 392 g/mol. The highest BCUT2D eigenvalue weighted by atomic mass is 35.5. The lowest BCUT2D eigenvalue weighted by Gasteiger charge is -2.33. The molecule has 6 nitrogen and oxygen atoms in total. The van der Waals surface area contributed by atoms with Gasteiger partial charge in [0, 0.05) is 30.6 Å². The highest BCUT2D eigenvalue weighted by Crippen LogP contribution is 2.27. The van der Waals surface area contributed by atoms with Gasteiger partial charge in [-0.2, -0.15) is 0 Å². The molecule has 2 unspecified atom stereocenters. The van der Waals surface area contributed by atoms with Gasteiger partial charge in [-0.3, -0.25) is 14.9 Å². The predicted molar refractivity (Wildman–Crippen MR) is 103 cm³/mol. The van der Waals surface area contributed by atoms with Gasteiger partial charge in [-0.05, 0) is 36.2 Å². The molecule has 150 valence electrons. The molecule has 1 amide bonds. The van der Waals surface area contributed by atoms with E-state index >= 15 is 0 Å². The number of hydrogen-bond acceptors (Lipinski definition) is 4. The van der Waals surface area contributed by atoms with Gasteiger partial charge in [-0.15, -0.1) is 12.4 Å². The van der Waals surface area contributed by atoms with Crippen molar-refractivity contribution in [2.24, 2.45) is 0 Å². The van der Waals surface area contributed by atoms with E-state index in [-0.39, 0.29) is 42.4 Å². The molecule has 1 fully saturated rings. The number of halogens is 3. The largest absolute Gasteiger partial charge is 0.351 e. The third-order valence-electron chi connectivity index (χ3n) is 4.71. The smallest absolute Gasteiger partial charge is 0.269 e. The molecule has 0 bridgehead atoms. The molecule has 2 N–H and O–H groups in total. The molecular formula is C19H20ClF2N3O3. The van der Waals surface area contributed by atoms with Crippen molar-refractivity contribution >= 4 is 24.0 Å². The van der Waals surface area contributed by atoms with Gasteiger partial charge >= 0.3 is 0 Å². The zero-order chi connectivity index (χ0) is 19.4. The summed E-state index contributed by atoms with van der Waals surface area (Å²) in [6, 6.07) is 9.37. The number of nitro benzene ring substituents is 1. The van der Waals surface area contributed by atoms with Gasteiger partial charge in [0.15, 0.2) is 11.6 Å². The van der Waals surface area contributed by atoms with Crippen LogP contribution in [0.3, 0.4) is 0 Å². The Kier molecular flexibility index (Phi) is 7.42. The SMILES string of the molecule is Cl.O=C(Cc1ccc([N+](=O)[O-])cc1)NC1CNCCC1c1ccc(F)c(F)c1. The van der Waals surface area contributed by atoms with Crippen LogP contribution in [0, 0.1) is 21.7 Å². The Hall–Kier alpha value is -2.58. The number of piperidine rings is 1. The van der Waals surface area contributed by atoms with Gasteiger partial charge in [-0.25, -0.2) is 8.78 Å². The maximum absolute atomic E-state index is 13.6. The van der Waals surface area contributed by atoms with Gasteiger partial charge in [0.25, 0.3) is 5.69 Å². The summed E-state index contributed by atoms with van der Waals surface area (Å²) in [6.07, 6.45) is 0.770. The summed E-state index contributed by atoms with van der Waals surface area (Å²) in [5, 5.41) is 16.8. The molecule has 0 saturated carbocycles. The first kappa shape index (κ1) is 21.7. The highest BCUT2D eigenvalue weighted by Gasteiger charge is 2.28. The number of non-ortho nitro benzene ring substituents is 1. The van der Waals surface area contributed by atoms with Crippen LogP contribution in [0.1, 0.15) is 23.5 Å². The minimum Gasteiger partial charge on any atom is -0.351 e. The summed E-state index contributed by atoms with van der Waals surface area (Å²) in [5.74, 6) is -2.15. The van der Waals surface area contributed by atoms with Crippen LogP contribution in [0.25, 0.3) is 0 Å². The van der Waals surface area contributed by atoms with Gasteiger partial charge < -0.3 is 10.6 Å². The van der Waals surface area contributed by atoms with E-state index in [1.807, 2.05) is 0 Å². The molecule has 2 atom stereocenters. The molecule has 28 heavy (non-hydrogen) atoms. The van der Waals surface area contributed by atoms with Crippen LogP contribution in [-0.2, 0) is 11.2 Å². The van der Waals surface area contributed by atoms with Crippen LogP contribution in [0.4, 0.5) is 14.5 Å². The van der Waals surface area contributed by atoms with Crippen LogP contribution in [0.2, 0.25) is 0 Å². The van der Waals surface area contributed by atoms with E-state index in [0.29, 0.717) is 24.1 Å². The molecule has 1 aliphatic rings. The fraction of sp³-hybridized carbons (Fsp3) is 0.316. The molecule has 1 saturated heterocycles. The summed E-state index contributed by atoms with van der Waals surface area (Å²) in [4.78, 5) is 22.6. The van der Waals surface area contributed by atoms with Crippen molar-refractivity contribution in [1.82, 2.24) is 10.6 Å². The maximum atomic E-state index is 13.6. The Labute approximate surface area is 166 Å². The van der Waals surface area contributed by atoms with Gasteiger partial charge in [0.1, 0.15) is 0 Å². The van der Waals surface area contributed by atoms with E-state index in [0.717, 1.165) is 12.6 Å².